The fourth-order valence-electron chi connectivity index (χ4n) is 2.75. The number of anilines is 1. The van der Waals surface area contributed by atoms with Crippen LogP contribution in [-0.2, 0) is 0 Å². The van der Waals surface area contributed by atoms with E-state index in [1.807, 2.05) is 36.1 Å². The molecule has 0 aromatic heterocycles. The van der Waals surface area contributed by atoms with E-state index in [-0.39, 0.29) is 5.91 Å². The number of rotatable bonds is 3. The Balaban J connectivity index is 2.19. The van der Waals surface area contributed by atoms with E-state index in [1.165, 1.54) is 0 Å². The number of carbonyl (C=O) groups is 1. The topological polar surface area (TPSA) is 35.6 Å². The van der Waals surface area contributed by atoms with Gasteiger partial charge in [0.25, 0.3) is 5.91 Å². The Morgan fingerprint density at radius 1 is 1.25 bits per heavy atom. The maximum Gasteiger partial charge on any atom is 0.256 e. The van der Waals surface area contributed by atoms with Crippen LogP contribution >= 0.6 is 0 Å². The second-order valence-corrected chi connectivity index (χ2v) is 5.65. The summed E-state index contributed by atoms with van der Waals surface area (Å²) in [5, 5.41) is 3.27. The third kappa shape index (κ3) is 2.96. The zero-order valence-corrected chi connectivity index (χ0v) is 12.9. The molecule has 0 aliphatic carbocycles. The van der Waals surface area contributed by atoms with Crippen molar-refractivity contribution in [1.29, 1.82) is 0 Å². The highest BCUT2D eigenvalue weighted by atomic mass is 16.2. The first-order chi connectivity index (χ1) is 9.54. The van der Waals surface area contributed by atoms with Crippen molar-refractivity contribution < 1.29 is 4.79 Å². The molecule has 0 saturated carbocycles. The number of hydrogen-bond donors (Lipinski definition) is 1. The lowest BCUT2D eigenvalue weighted by molar-refractivity contribution is 0.0415. The minimum Gasteiger partial charge on any atom is -0.385 e. The molecule has 1 heterocycles. The van der Waals surface area contributed by atoms with Crippen molar-refractivity contribution in [3.63, 3.8) is 0 Å². The number of para-hydroxylation sites is 1. The molecule has 1 aliphatic rings. The van der Waals surface area contributed by atoms with Gasteiger partial charge in [-0.05, 0) is 40.0 Å². The van der Waals surface area contributed by atoms with Gasteiger partial charge in [0.15, 0.2) is 0 Å². The molecular weight excluding hydrogens is 250 g/mol. The molecule has 1 aromatic rings. The molecule has 1 saturated heterocycles. The molecule has 20 heavy (non-hydrogen) atoms. The molecule has 2 unspecified atom stereocenters. The van der Waals surface area contributed by atoms with Crippen LogP contribution < -0.4 is 5.32 Å². The van der Waals surface area contributed by atoms with Crippen molar-refractivity contribution in [3.8, 4) is 0 Å². The van der Waals surface area contributed by atoms with E-state index in [0.717, 1.165) is 30.9 Å². The van der Waals surface area contributed by atoms with Gasteiger partial charge in [-0.25, -0.2) is 0 Å². The van der Waals surface area contributed by atoms with E-state index in [9.17, 15) is 4.79 Å². The van der Waals surface area contributed by atoms with Crippen LogP contribution in [0.4, 0.5) is 5.69 Å². The summed E-state index contributed by atoms with van der Waals surface area (Å²) >= 11 is 0. The molecule has 0 radical (unpaired) electrons. The zero-order valence-electron chi connectivity index (χ0n) is 12.9. The third-order valence-electron chi connectivity index (χ3n) is 4.17. The number of likely N-dealkylation sites (N-methyl/N-ethyl adjacent to an activating group) is 1. The molecular formula is C16H25N3O. The predicted molar refractivity (Wildman–Crippen MR) is 83.2 cm³/mol. The molecule has 110 valence electrons. The zero-order chi connectivity index (χ0) is 14.7. The minimum atomic E-state index is 0.133. The van der Waals surface area contributed by atoms with E-state index in [2.05, 4.69) is 31.1 Å². The van der Waals surface area contributed by atoms with Crippen molar-refractivity contribution in [1.82, 2.24) is 9.80 Å². The van der Waals surface area contributed by atoms with Crippen molar-refractivity contribution >= 4 is 11.6 Å². The van der Waals surface area contributed by atoms with Gasteiger partial charge in [-0.15, -0.1) is 0 Å². The lowest BCUT2D eigenvalue weighted by Crippen LogP contribution is -2.56. The highest BCUT2D eigenvalue weighted by Crippen LogP contribution is 2.20. The summed E-state index contributed by atoms with van der Waals surface area (Å²) in [7, 11) is 2.13. The summed E-state index contributed by atoms with van der Waals surface area (Å²) in [4.78, 5) is 17.1. The molecule has 0 spiro atoms. The number of benzene rings is 1. The fraction of sp³-hybridized carbons (Fsp3) is 0.562. The van der Waals surface area contributed by atoms with Crippen molar-refractivity contribution in [2.75, 3.05) is 32.0 Å². The predicted octanol–water partition coefficient (Wildman–Crippen LogP) is 2.28. The Hall–Kier alpha value is -1.55. The Labute approximate surface area is 121 Å². The average molecular weight is 275 g/mol. The van der Waals surface area contributed by atoms with Crippen molar-refractivity contribution in [2.24, 2.45) is 0 Å². The maximum atomic E-state index is 12.8. The molecule has 1 fully saturated rings. The van der Waals surface area contributed by atoms with E-state index >= 15 is 0 Å². The highest BCUT2D eigenvalue weighted by molar-refractivity contribution is 5.99. The molecule has 1 N–H and O–H groups in total. The number of nitrogens with one attached hydrogen (secondary N) is 1. The highest BCUT2D eigenvalue weighted by Gasteiger charge is 2.30. The van der Waals surface area contributed by atoms with Crippen LogP contribution in [0.5, 0.6) is 0 Å². The van der Waals surface area contributed by atoms with Crippen LogP contribution in [0.2, 0.25) is 0 Å². The first-order valence-corrected chi connectivity index (χ1v) is 7.38. The Morgan fingerprint density at radius 2 is 1.85 bits per heavy atom. The van der Waals surface area contributed by atoms with Gasteiger partial charge in [-0.2, -0.15) is 0 Å². The summed E-state index contributed by atoms with van der Waals surface area (Å²) in [6.07, 6.45) is 0. The fourth-order valence-corrected chi connectivity index (χ4v) is 2.75. The summed E-state index contributed by atoms with van der Waals surface area (Å²) in [6.45, 7) is 8.79. The monoisotopic (exact) mass is 275 g/mol. The van der Waals surface area contributed by atoms with E-state index in [4.69, 9.17) is 0 Å². The number of piperazine rings is 1. The quantitative estimate of drug-likeness (QED) is 0.919. The Kier molecular flexibility index (Phi) is 4.65. The molecule has 0 bridgehead atoms. The number of hydrogen-bond acceptors (Lipinski definition) is 3. The molecule has 2 rings (SSSR count). The third-order valence-corrected chi connectivity index (χ3v) is 4.17. The SMILES string of the molecule is CCNc1ccccc1C(=O)N1CC(C)N(C)C(C)C1. The molecule has 2 atom stereocenters. The number of amides is 1. The molecule has 1 aliphatic heterocycles. The molecule has 1 amide bonds. The van der Waals surface area contributed by atoms with Gasteiger partial charge in [0.1, 0.15) is 0 Å². The average Bonchev–Trinajstić information content (AvgIpc) is 2.44. The van der Waals surface area contributed by atoms with E-state index in [0.29, 0.717) is 12.1 Å². The molecule has 4 heteroatoms. The normalized spacial score (nSPS) is 23.7. The van der Waals surface area contributed by atoms with Crippen LogP contribution in [0.25, 0.3) is 0 Å². The minimum absolute atomic E-state index is 0.133. The van der Waals surface area contributed by atoms with Crippen LogP contribution in [0.1, 0.15) is 31.1 Å². The smallest absolute Gasteiger partial charge is 0.256 e. The second-order valence-electron chi connectivity index (χ2n) is 5.65. The first-order valence-electron chi connectivity index (χ1n) is 7.38. The molecule has 1 aromatic carbocycles. The van der Waals surface area contributed by atoms with Gasteiger partial charge < -0.3 is 10.2 Å². The summed E-state index contributed by atoms with van der Waals surface area (Å²) in [5.41, 5.74) is 1.71. The lowest BCUT2D eigenvalue weighted by atomic mass is 10.1. The standard InChI is InChI=1S/C16H25N3O/c1-5-17-15-9-7-6-8-14(15)16(20)19-10-12(2)18(4)13(3)11-19/h6-9,12-13,17H,5,10-11H2,1-4H3. The second kappa shape index (κ2) is 6.27. The maximum absolute atomic E-state index is 12.8. The van der Waals surface area contributed by atoms with E-state index in [1.54, 1.807) is 0 Å². The van der Waals surface area contributed by atoms with Gasteiger partial charge in [-0.1, -0.05) is 12.1 Å². The van der Waals surface area contributed by atoms with Crippen LogP contribution in [0.15, 0.2) is 24.3 Å². The molecule has 4 nitrogen and oxygen atoms in total. The number of nitrogens with zero attached hydrogens (tertiary/aromatic N) is 2. The van der Waals surface area contributed by atoms with E-state index < -0.39 is 0 Å². The van der Waals surface area contributed by atoms with Gasteiger partial charge in [0.2, 0.25) is 0 Å². The summed E-state index contributed by atoms with van der Waals surface area (Å²) in [5.74, 6) is 0.133. The largest absolute Gasteiger partial charge is 0.385 e. The van der Waals surface area contributed by atoms with Gasteiger partial charge >= 0.3 is 0 Å². The first kappa shape index (κ1) is 14.9. The van der Waals surface area contributed by atoms with Gasteiger partial charge in [-0.3, -0.25) is 9.69 Å². The van der Waals surface area contributed by atoms with Crippen LogP contribution in [-0.4, -0.2) is 54.5 Å². The van der Waals surface area contributed by atoms with Crippen molar-refractivity contribution in [3.05, 3.63) is 29.8 Å². The van der Waals surface area contributed by atoms with Crippen molar-refractivity contribution in [2.45, 2.75) is 32.9 Å². The Morgan fingerprint density at radius 3 is 2.45 bits per heavy atom. The summed E-state index contributed by atoms with van der Waals surface area (Å²) < 4.78 is 0. The van der Waals surface area contributed by atoms with Gasteiger partial charge in [0, 0.05) is 37.4 Å². The Bertz CT molecular complexity index is 463. The summed E-state index contributed by atoms with van der Waals surface area (Å²) in [6, 6.07) is 8.57. The lowest BCUT2D eigenvalue weighted by Gasteiger charge is -2.42. The van der Waals surface area contributed by atoms with Crippen LogP contribution in [0.3, 0.4) is 0 Å². The van der Waals surface area contributed by atoms with Gasteiger partial charge in [0.05, 0.1) is 5.56 Å². The van der Waals surface area contributed by atoms with Crippen LogP contribution in [0, 0.1) is 0 Å². The number of carbonyl (C=O) groups excluding carboxylic acids is 1.